The fraction of sp³-hybridized carbons (Fsp3) is 0.375. The van der Waals surface area contributed by atoms with E-state index in [0.29, 0.717) is 6.07 Å². The van der Waals surface area contributed by atoms with Gasteiger partial charge in [0.05, 0.1) is 13.2 Å². The van der Waals surface area contributed by atoms with Gasteiger partial charge < -0.3 is 14.9 Å². The molecule has 1 aromatic heterocycles. The second-order valence-electron chi connectivity index (χ2n) is 3.00. The number of nitro groups is 1. The van der Waals surface area contributed by atoms with Crippen molar-refractivity contribution in [1.82, 2.24) is 4.98 Å². The molecule has 0 saturated carbocycles. The van der Waals surface area contributed by atoms with Crippen LogP contribution in [0.5, 0.6) is 5.75 Å². The van der Waals surface area contributed by atoms with Crippen LogP contribution in [0.1, 0.15) is 17.7 Å². The lowest BCUT2D eigenvalue weighted by Crippen LogP contribution is -2.15. The molecule has 0 atom stereocenters. The highest BCUT2D eigenvalue weighted by Gasteiger charge is 2.45. The van der Waals surface area contributed by atoms with Crippen LogP contribution in [0, 0.1) is 10.1 Å². The molecule has 0 N–H and O–H groups in total. The molecule has 1 aromatic rings. The lowest BCUT2D eigenvalue weighted by Gasteiger charge is -2.11. The normalized spacial score (nSPS) is 11.7. The molecule has 18 heavy (non-hydrogen) atoms. The third kappa shape index (κ3) is 2.63. The lowest BCUT2D eigenvalue weighted by atomic mass is 10.1. The highest BCUT2D eigenvalue weighted by Crippen LogP contribution is 2.41. The second kappa shape index (κ2) is 4.70. The van der Waals surface area contributed by atoms with Gasteiger partial charge in [0.25, 0.3) is 12.1 Å². The van der Waals surface area contributed by atoms with Gasteiger partial charge in [-0.25, -0.2) is 8.78 Å². The van der Waals surface area contributed by atoms with Gasteiger partial charge in [-0.3, -0.25) is 0 Å². The van der Waals surface area contributed by atoms with Gasteiger partial charge in [-0.1, -0.05) is 0 Å². The van der Waals surface area contributed by atoms with Crippen molar-refractivity contribution >= 4 is 5.82 Å². The van der Waals surface area contributed by atoms with Crippen LogP contribution < -0.4 is 4.74 Å². The highest BCUT2D eigenvalue weighted by molar-refractivity contribution is 5.44. The maximum absolute atomic E-state index is 12.5. The van der Waals surface area contributed by atoms with Gasteiger partial charge in [-0.15, -0.1) is 0 Å². The first kappa shape index (κ1) is 14.1. The number of halogens is 5. The number of aromatic nitrogens is 1. The molecule has 5 nitrogen and oxygen atoms in total. The van der Waals surface area contributed by atoms with Crippen LogP contribution in [0.4, 0.5) is 27.8 Å². The third-order valence-corrected chi connectivity index (χ3v) is 1.90. The molecule has 0 aliphatic rings. The highest BCUT2D eigenvalue weighted by atomic mass is 19.4. The van der Waals surface area contributed by atoms with Crippen molar-refractivity contribution in [3.63, 3.8) is 0 Å². The van der Waals surface area contributed by atoms with Crippen molar-refractivity contribution in [2.24, 2.45) is 0 Å². The minimum absolute atomic E-state index is 0.413. The zero-order valence-corrected chi connectivity index (χ0v) is 8.66. The Morgan fingerprint density at radius 1 is 1.44 bits per heavy atom. The van der Waals surface area contributed by atoms with E-state index in [0.717, 1.165) is 7.11 Å². The minimum Gasteiger partial charge on any atom is -0.496 e. The summed E-state index contributed by atoms with van der Waals surface area (Å²) in [4.78, 5) is 11.7. The number of pyridine rings is 1. The molecule has 0 fully saturated rings. The number of hydrogen-bond donors (Lipinski definition) is 0. The number of rotatable bonds is 3. The van der Waals surface area contributed by atoms with Gasteiger partial charge in [-0.05, 0) is 9.91 Å². The molecule has 0 spiro atoms. The Morgan fingerprint density at radius 2 is 2.00 bits per heavy atom. The van der Waals surface area contributed by atoms with Crippen molar-refractivity contribution in [2.45, 2.75) is 12.6 Å². The maximum atomic E-state index is 12.5. The molecule has 0 aliphatic heterocycles. The van der Waals surface area contributed by atoms with E-state index in [1.165, 1.54) is 0 Å². The van der Waals surface area contributed by atoms with Crippen molar-refractivity contribution in [1.29, 1.82) is 0 Å². The van der Waals surface area contributed by atoms with Crippen molar-refractivity contribution in [3.05, 3.63) is 27.4 Å². The predicted molar refractivity (Wildman–Crippen MR) is 47.4 cm³/mol. The third-order valence-electron chi connectivity index (χ3n) is 1.90. The van der Waals surface area contributed by atoms with E-state index in [9.17, 15) is 32.1 Å². The number of nitrogens with zero attached hydrogens (tertiary/aromatic N) is 2. The summed E-state index contributed by atoms with van der Waals surface area (Å²) < 4.78 is 66.9. The van der Waals surface area contributed by atoms with Crippen molar-refractivity contribution < 1.29 is 31.6 Å². The Labute approximate surface area is 96.3 Å². The zero-order chi connectivity index (χ0) is 14.1. The summed E-state index contributed by atoms with van der Waals surface area (Å²) in [6, 6.07) is 0.413. The van der Waals surface area contributed by atoms with E-state index in [4.69, 9.17) is 0 Å². The molecule has 1 heterocycles. The first-order chi connectivity index (χ1) is 8.18. The summed E-state index contributed by atoms with van der Waals surface area (Å²) in [5.41, 5.74) is -3.54. The average molecular weight is 272 g/mol. The monoisotopic (exact) mass is 272 g/mol. The first-order valence-electron chi connectivity index (χ1n) is 4.27. The summed E-state index contributed by atoms with van der Waals surface area (Å²) in [5.74, 6) is -2.15. The maximum Gasteiger partial charge on any atom is 0.458 e. The number of alkyl halides is 5. The van der Waals surface area contributed by atoms with Crippen LogP contribution in [0.3, 0.4) is 0 Å². The molecule has 0 radical (unpaired) electrons. The lowest BCUT2D eigenvalue weighted by molar-refractivity contribution is -0.390. The van der Waals surface area contributed by atoms with Gasteiger partial charge in [0.15, 0.2) is 0 Å². The van der Waals surface area contributed by atoms with Crippen LogP contribution in [-0.4, -0.2) is 17.0 Å². The van der Waals surface area contributed by atoms with Crippen LogP contribution in [0.25, 0.3) is 0 Å². The summed E-state index contributed by atoms with van der Waals surface area (Å²) in [5, 5.41) is 10.4. The Bertz CT molecular complexity index is 475. The molecule has 0 unspecified atom stereocenters. The zero-order valence-electron chi connectivity index (χ0n) is 8.66. The SMILES string of the molecule is COc1cc([N+](=O)[O-])nc(C(F)(F)F)c1C(F)F. The minimum atomic E-state index is -5.24. The Hall–Kier alpha value is -2.00. The average Bonchev–Trinajstić information content (AvgIpc) is 2.25. The molecule has 1 rings (SSSR count). The standard InChI is InChI=1S/C8H5F5N2O3/c1-18-3-2-4(15(16)17)14-6(8(11,12)13)5(3)7(9)10/h2,7H,1H3. The van der Waals surface area contributed by atoms with E-state index in [1.54, 1.807) is 0 Å². The van der Waals surface area contributed by atoms with Gasteiger partial charge >= 0.3 is 12.0 Å². The quantitative estimate of drug-likeness (QED) is 0.482. The molecule has 0 bridgehead atoms. The van der Waals surface area contributed by atoms with Gasteiger partial charge in [0.2, 0.25) is 0 Å². The van der Waals surface area contributed by atoms with E-state index in [2.05, 4.69) is 9.72 Å². The smallest absolute Gasteiger partial charge is 0.458 e. The van der Waals surface area contributed by atoms with Crippen molar-refractivity contribution in [2.75, 3.05) is 7.11 Å². The molecular formula is C8H5F5N2O3. The molecule has 0 saturated heterocycles. The predicted octanol–water partition coefficient (Wildman–Crippen LogP) is 2.95. The Kier molecular flexibility index (Phi) is 3.67. The summed E-state index contributed by atoms with van der Waals surface area (Å²) in [6.45, 7) is 0. The van der Waals surface area contributed by atoms with E-state index >= 15 is 0 Å². The fourth-order valence-electron chi connectivity index (χ4n) is 1.21. The van der Waals surface area contributed by atoms with E-state index < -0.39 is 40.3 Å². The summed E-state index contributed by atoms with van der Waals surface area (Å²) >= 11 is 0. The fourth-order valence-corrected chi connectivity index (χ4v) is 1.21. The molecular weight excluding hydrogens is 267 g/mol. The molecule has 0 aromatic carbocycles. The number of ether oxygens (including phenoxy) is 1. The summed E-state index contributed by atoms with van der Waals surface area (Å²) in [6.07, 6.45) is -8.77. The first-order valence-corrected chi connectivity index (χ1v) is 4.27. The molecule has 10 heteroatoms. The van der Waals surface area contributed by atoms with Crippen LogP contribution in [-0.2, 0) is 6.18 Å². The van der Waals surface area contributed by atoms with E-state index in [1.807, 2.05) is 0 Å². The van der Waals surface area contributed by atoms with Gasteiger partial charge in [0.1, 0.15) is 11.3 Å². The van der Waals surface area contributed by atoms with Crippen LogP contribution >= 0.6 is 0 Å². The van der Waals surface area contributed by atoms with Gasteiger partial charge in [-0.2, -0.15) is 13.2 Å². The Balaban J connectivity index is 3.62. The molecule has 0 amide bonds. The number of hydrogen-bond acceptors (Lipinski definition) is 4. The van der Waals surface area contributed by atoms with Gasteiger partial charge in [0, 0.05) is 0 Å². The molecule has 0 aliphatic carbocycles. The largest absolute Gasteiger partial charge is 0.496 e. The molecule has 100 valence electrons. The second-order valence-corrected chi connectivity index (χ2v) is 3.00. The summed E-state index contributed by atoms with van der Waals surface area (Å²) in [7, 11) is 0.824. The topological polar surface area (TPSA) is 65.3 Å². The van der Waals surface area contributed by atoms with Crippen LogP contribution in [0.15, 0.2) is 6.07 Å². The number of methoxy groups -OCH3 is 1. The van der Waals surface area contributed by atoms with E-state index in [-0.39, 0.29) is 0 Å². The Morgan fingerprint density at radius 3 is 2.33 bits per heavy atom. The van der Waals surface area contributed by atoms with Crippen LogP contribution in [0.2, 0.25) is 0 Å². The van der Waals surface area contributed by atoms with Crippen molar-refractivity contribution in [3.8, 4) is 5.75 Å².